The van der Waals surface area contributed by atoms with Gasteiger partial charge in [0.25, 0.3) is 0 Å². The number of hydrogen-bond acceptors (Lipinski definition) is 4. The van der Waals surface area contributed by atoms with Crippen LogP contribution < -0.4 is 0 Å². The minimum atomic E-state index is -1.90. The number of unbranched alkanes of at least 4 members (excludes halogenated alkanes) is 2. The summed E-state index contributed by atoms with van der Waals surface area (Å²) < 4.78 is 47.1. The fraction of sp³-hybridized carbons (Fsp3) is 0.600. The Morgan fingerprint density at radius 3 is 2.50 bits per heavy atom. The fourth-order valence-corrected chi connectivity index (χ4v) is 2.12. The van der Waals surface area contributed by atoms with Crippen LogP contribution in [0.2, 0.25) is 0 Å². The van der Waals surface area contributed by atoms with Crippen LogP contribution in [0, 0.1) is 0 Å². The molecule has 0 aromatic rings. The average Bonchev–Trinajstić information content (AvgIpc) is 2.62. The molecule has 0 aromatic heterocycles. The molecule has 0 rings (SSSR count). The van der Waals surface area contributed by atoms with E-state index in [0.29, 0.717) is 19.4 Å². The first kappa shape index (κ1) is 24.5. The minimum absolute atomic E-state index is 0.164. The van der Waals surface area contributed by atoms with Crippen molar-refractivity contribution >= 4 is 0 Å². The molecule has 0 aliphatic carbocycles. The van der Waals surface area contributed by atoms with Crippen LogP contribution in [0.4, 0.5) is 8.78 Å². The van der Waals surface area contributed by atoms with Gasteiger partial charge in [0.05, 0.1) is 19.8 Å². The van der Waals surface area contributed by atoms with Crippen LogP contribution in [0.15, 0.2) is 48.8 Å². The summed E-state index contributed by atoms with van der Waals surface area (Å²) >= 11 is 0. The van der Waals surface area contributed by atoms with Gasteiger partial charge in [0.1, 0.15) is 6.10 Å². The summed E-state index contributed by atoms with van der Waals surface area (Å²) in [7, 11) is 1.53. The van der Waals surface area contributed by atoms with Gasteiger partial charge in [0.2, 0.25) is 0 Å². The van der Waals surface area contributed by atoms with Crippen LogP contribution in [-0.4, -0.2) is 39.8 Å². The van der Waals surface area contributed by atoms with E-state index in [4.69, 9.17) is 18.9 Å². The second-order valence-electron chi connectivity index (χ2n) is 5.71. The fourth-order valence-electron chi connectivity index (χ4n) is 2.12. The molecule has 0 fully saturated rings. The lowest BCUT2D eigenvalue weighted by Crippen LogP contribution is -2.20. The number of ether oxygens (including phenoxy) is 4. The van der Waals surface area contributed by atoms with Crippen LogP contribution >= 0.6 is 0 Å². The van der Waals surface area contributed by atoms with Crippen LogP contribution in [0.5, 0.6) is 0 Å². The lowest BCUT2D eigenvalue weighted by molar-refractivity contribution is -0.0674. The van der Waals surface area contributed by atoms with Crippen molar-refractivity contribution in [2.75, 3.05) is 33.7 Å². The Morgan fingerprint density at radius 2 is 1.88 bits per heavy atom. The van der Waals surface area contributed by atoms with Gasteiger partial charge in [0, 0.05) is 7.11 Å². The molecule has 1 atom stereocenters. The lowest BCUT2D eigenvalue weighted by Gasteiger charge is -2.20. The second kappa shape index (κ2) is 16.9. The molecule has 0 N–H and O–H groups in total. The number of rotatable bonds is 17. The molecule has 0 aliphatic rings. The Hall–Kier alpha value is -1.50. The monoisotopic (exact) mass is 374 g/mol. The first-order valence-corrected chi connectivity index (χ1v) is 8.80. The standard InChI is InChI=1S/C20H32F2O4/c1-5-7-8-9-10-17(3)11-12-18(25-13-6-2)19(20(21)22)26-16-24-15-14-23-4/h5-6,10,18H,1-2,7-9,11-16H2,3-4H3/b17-10+. The van der Waals surface area contributed by atoms with E-state index in [1.807, 2.05) is 13.0 Å². The maximum Gasteiger partial charge on any atom is 0.310 e. The largest absolute Gasteiger partial charge is 0.463 e. The predicted molar refractivity (Wildman–Crippen MR) is 100.0 cm³/mol. The third-order valence-corrected chi connectivity index (χ3v) is 3.53. The zero-order chi connectivity index (χ0) is 19.6. The summed E-state index contributed by atoms with van der Waals surface area (Å²) in [6.45, 7) is 9.76. The van der Waals surface area contributed by atoms with Gasteiger partial charge in [-0.1, -0.05) is 23.8 Å². The highest BCUT2D eigenvalue weighted by Gasteiger charge is 2.22. The molecule has 4 nitrogen and oxygen atoms in total. The van der Waals surface area contributed by atoms with Crippen molar-refractivity contribution in [2.45, 2.75) is 45.1 Å². The zero-order valence-corrected chi connectivity index (χ0v) is 16.0. The summed E-state index contributed by atoms with van der Waals surface area (Å²) in [6.07, 6.45) is 6.75. The van der Waals surface area contributed by atoms with Crippen molar-refractivity contribution < 1.29 is 27.7 Å². The Kier molecular flexibility index (Phi) is 16.0. The molecule has 0 saturated heterocycles. The summed E-state index contributed by atoms with van der Waals surface area (Å²) in [4.78, 5) is 0. The molecule has 0 saturated carbocycles. The number of hydrogen-bond donors (Lipinski definition) is 0. The van der Waals surface area contributed by atoms with Crippen molar-refractivity contribution in [3.8, 4) is 0 Å². The molecule has 0 heterocycles. The van der Waals surface area contributed by atoms with E-state index in [-0.39, 0.29) is 20.0 Å². The van der Waals surface area contributed by atoms with Crippen molar-refractivity contribution in [3.05, 3.63) is 48.8 Å². The van der Waals surface area contributed by atoms with E-state index in [0.717, 1.165) is 24.8 Å². The van der Waals surface area contributed by atoms with E-state index >= 15 is 0 Å². The molecular weight excluding hydrogens is 342 g/mol. The van der Waals surface area contributed by atoms with E-state index < -0.39 is 17.9 Å². The molecule has 0 aliphatic heterocycles. The lowest BCUT2D eigenvalue weighted by atomic mass is 10.1. The molecule has 0 aromatic carbocycles. The van der Waals surface area contributed by atoms with Gasteiger partial charge in [-0.2, -0.15) is 8.78 Å². The Labute approximate surface area is 156 Å². The molecule has 0 spiro atoms. The van der Waals surface area contributed by atoms with E-state index in [1.165, 1.54) is 13.2 Å². The van der Waals surface area contributed by atoms with Gasteiger partial charge >= 0.3 is 6.08 Å². The van der Waals surface area contributed by atoms with Gasteiger partial charge < -0.3 is 18.9 Å². The zero-order valence-electron chi connectivity index (χ0n) is 16.0. The number of methoxy groups -OCH3 is 1. The maximum atomic E-state index is 13.3. The van der Waals surface area contributed by atoms with Gasteiger partial charge in [-0.3, -0.25) is 0 Å². The summed E-state index contributed by atoms with van der Waals surface area (Å²) in [5, 5.41) is 0. The highest BCUT2D eigenvalue weighted by atomic mass is 19.3. The smallest absolute Gasteiger partial charge is 0.310 e. The summed E-state index contributed by atoms with van der Waals surface area (Å²) in [6, 6.07) is 0. The second-order valence-corrected chi connectivity index (χ2v) is 5.71. The van der Waals surface area contributed by atoms with Gasteiger partial charge in [-0.05, 0) is 39.0 Å². The van der Waals surface area contributed by atoms with E-state index in [2.05, 4.69) is 19.2 Å². The normalized spacial score (nSPS) is 12.5. The number of allylic oxidation sites excluding steroid dienone is 3. The molecule has 26 heavy (non-hydrogen) atoms. The predicted octanol–water partition coefficient (Wildman–Crippen LogP) is 5.39. The molecule has 0 amide bonds. The average molecular weight is 374 g/mol. The van der Waals surface area contributed by atoms with Crippen molar-refractivity contribution in [2.24, 2.45) is 0 Å². The van der Waals surface area contributed by atoms with Crippen molar-refractivity contribution in [1.82, 2.24) is 0 Å². The van der Waals surface area contributed by atoms with E-state index in [9.17, 15) is 8.78 Å². The van der Waals surface area contributed by atoms with Crippen LogP contribution in [0.25, 0.3) is 0 Å². The first-order chi connectivity index (χ1) is 12.6. The number of halogens is 2. The first-order valence-electron chi connectivity index (χ1n) is 8.80. The Morgan fingerprint density at radius 1 is 1.12 bits per heavy atom. The molecule has 6 heteroatoms. The van der Waals surface area contributed by atoms with Crippen LogP contribution in [0.1, 0.15) is 39.0 Å². The Bertz CT molecular complexity index is 443. The third kappa shape index (κ3) is 12.8. The molecule has 1 unspecified atom stereocenters. The van der Waals surface area contributed by atoms with Gasteiger partial charge in [-0.15, -0.1) is 13.2 Å². The van der Waals surface area contributed by atoms with Gasteiger partial charge in [0.15, 0.2) is 12.6 Å². The SMILES string of the molecule is C=CCCC/C=C(\C)CCC(OCC=C)C(OCOCCOC)=C(F)F. The molecule has 150 valence electrons. The van der Waals surface area contributed by atoms with Crippen molar-refractivity contribution in [3.63, 3.8) is 0 Å². The summed E-state index contributed by atoms with van der Waals surface area (Å²) in [5.41, 5.74) is 1.14. The highest BCUT2D eigenvalue weighted by molar-refractivity contribution is 5.05. The third-order valence-electron chi connectivity index (χ3n) is 3.53. The minimum Gasteiger partial charge on any atom is -0.463 e. The molecule has 0 radical (unpaired) electrons. The summed E-state index contributed by atoms with van der Waals surface area (Å²) in [5.74, 6) is -0.483. The highest BCUT2D eigenvalue weighted by Crippen LogP contribution is 2.23. The van der Waals surface area contributed by atoms with Crippen LogP contribution in [-0.2, 0) is 18.9 Å². The van der Waals surface area contributed by atoms with Gasteiger partial charge in [-0.25, -0.2) is 0 Å². The van der Waals surface area contributed by atoms with Crippen LogP contribution in [0.3, 0.4) is 0 Å². The van der Waals surface area contributed by atoms with E-state index in [1.54, 1.807) is 0 Å². The quantitative estimate of drug-likeness (QED) is 0.148. The topological polar surface area (TPSA) is 36.9 Å². The molecule has 0 bridgehead atoms. The Balaban J connectivity index is 4.66. The van der Waals surface area contributed by atoms with Crippen molar-refractivity contribution in [1.29, 1.82) is 0 Å². The molecular formula is C20H32F2O4. The maximum absolute atomic E-state index is 13.3.